The van der Waals surface area contributed by atoms with Crippen molar-refractivity contribution >= 4 is 15.9 Å². The van der Waals surface area contributed by atoms with Crippen molar-refractivity contribution in [3.05, 3.63) is 64.1 Å². The molecule has 1 aromatic carbocycles. The summed E-state index contributed by atoms with van der Waals surface area (Å²) in [7, 11) is -3.71. The van der Waals surface area contributed by atoms with E-state index < -0.39 is 15.6 Å². The standard InChI is InChI=1S/C20H27N3O4S/c1-5-23(6-2)28(26,27)17-11-12-20(25)22(13-17)14-19(24)21-16(4)18-10-8-7-9-15(18)3/h7-13,16H,5-6,14H2,1-4H3,(H,21,24). The van der Waals surface area contributed by atoms with Crippen LogP contribution in [-0.4, -0.2) is 36.3 Å². The fraction of sp³-hybridized carbons (Fsp3) is 0.400. The number of benzene rings is 1. The molecule has 1 unspecified atom stereocenters. The number of aromatic nitrogens is 1. The Hall–Kier alpha value is -2.45. The lowest BCUT2D eigenvalue weighted by Crippen LogP contribution is -2.35. The molecule has 0 fully saturated rings. The van der Waals surface area contributed by atoms with Gasteiger partial charge in [0.15, 0.2) is 0 Å². The van der Waals surface area contributed by atoms with Crippen molar-refractivity contribution in [3.63, 3.8) is 0 Å². The maximum Gasteiger partial charge on any atom is 0.251 e. The number of rotatable bonds is 8. The third kappa shape index (κ3) is 4.88. The minimum atomic E-state index is -3.71. The lowest BCUT2D eigenvalue weighted by Gasteiger charge is -2.19. The van der Waals surface area contributed by atoms with Crippen LogP contribution in [0.4, 0.5) is 0 Å². The van der Waals surface area contributed by atoms with Gasteiger partial charge in [-0.05, 0) is 31.0 Å². The maximum absolute atomic E-state index is 12.7. The highest BCUT2D eigenvalue weighted by Gasteiger charge is 2.22. The van der Waals surface area contributed by atoms with Crippen LogP contribution in [0.1, 0.15) is 37.9 Å². The van der Waals surface area contributed by atoms with Crippen LogP contribution in [-0.2, 0) is 21.4 Å². The SMILES string of the molecule is CCN(CC)S(=O)(=O)c1ccc(=O)n(CC(=O)NC(C)c2ccccc2C)c1. The summed E-state index contributed by atoms with van der Waals surface area (Å²) < 4.78 is 27.7. The molecule has 7 nitrogen and oxygen atoms in total. The van der Waals surface area contributed by atoms with Gasteiger partial charge < -0.3 is 9.88 Å². The highest BCUT2D eigenvalue weighted by Crippen LogP contribution is 2.17. The van der Waals surface area contributed by atoms with Gasteiger partial charge in [-0.25, -0.2) is 8.42 Å². The van der Waals surface area contributed by atoms with E-state index in [0.717, 1.165) is 15.7 Å². The Labute approximate surface area is 166 Å². The number of amides is 1. The van der Waals surface area contributed by atoms with Gasteiger partial charge in [0.1, 0.15) is 6.54 Å². The molecule has 0 aliphatic rings. The first-order chi connectivity index (χ1) is 13.2. The van der Waals surface area contributed by atoms with Crippen LogP contribution in [0.5, 0.6) is 0 Å². The van der Waals surface area contributed by atoms with Crippen molar-refractivity contribution in [3.8, 4) is 0 Å². The van der Waals surface area contributed by atoms with E-state index in [1.807, 2.05) is 38.1 Å². The van der Waals surface area contributed by atoms with Gasteiger partial charge in [-0.15, -0.1) is 0 Å². The molecule has 152 valence electrons. The van der Waals surface area contributed by atoms with E-state index >= 15 is 0 Å². The summed E-state index contributed by atoms with van der Waals surface area (Å²) >= 11 is 0. The summed E-state index contributed by atoms with van der Waals surface area (Å²) in [4.78, 5) is 24.6. The molecule has 8 heteroatoms. The van der Waals surface area contributed by atoms with Gasteiger partial charge in [-0.1, -0.05) is 38.1 Å². The molecule has 0 aliphatic carbocycles. The van der Waals surface area contributed by atoms with Crippen molar-refractivity contribution < 1.29 is 13.2 Å². The predicted molar refractivity (Wildman–Crippen MR) is 109 cm³/mol. The average molecular weight is 406 g/mol. The first kappa shape index (κ1) is 21.8. The fourth-order valence-electron chi connectivity index (χ4n) is 3.09. The second-order valence-corrected chi connectivity index (χ2v) is 8.50. The largest absolute Gasteiger partial charge is 0.348 e. The molecular formula is C20H27N3O4S. The number of nitrogens with one attached hydrogen (secondary N) is 1. The molecule has 2 aromatic rings. The van der Waals surface area contributed by atoms with Crippen molar-refractivity contribution in [1.29, 1.82) is 0 Å². The van der Waals surface area contributed by atoms with Gasteiger partial charge in [-0.2, -0.15) is 4.31 Å². The van der Waals surface area contributed by atoms with Gasteiger partial charge in [0.25, 0.3) is 5.56 Å². The Morgan fingerprint density at radius 1 is 1.14 bits per heavy atom. The van der Waals surface area contributed by atoms with Crippen LogP contribution >= 0.6 is 0 Å². The number of pyridine rings is 1. The summed E-state index contributed by atoms with van der Waals surface area (Å²) in [5, 5.41) is 2.86. The van der Waals surface area contributed by atoms with Crippen molar-refractivity contribution in [2.24, 2.45) is 0 Å². The molecule has 0 aliphatic heterocycles. The van der Waals surface area contributed by atoms with Crippen LogP contribution in [0.2, 0.25) is 0 Å². The molecule has 1 atom stereocenters. The van der Waals surface area contributed by atoms with Crippen molar-refractivity contribution in [2.75, 3.05) is 13.1 Å². The molecule has 0 saturated carbocycles. The van der Waals surface area contributed by atoms with E-state index in [-0.39, 0.29) is 23.4 Å². The lowest BCUT2D eigenvalue weighted by molar-refractivity contribution is -0.122. The molecule has 0 bridgehead atoms. The maximum atomic E-state index is 12.7. The second-order valence-electron chi connectivity index (χ2n) is 6.57. The number of hydrogen-bond acceptors (Lipinski definition) is 4. The summed E-state index contributed by atoms with van der Waals surface area (Å²) in [5.74, 6) is -0.366. The first-order valence-electron chi connectivity index (χ1n) is 9.26. The number of aryl methyl sites for hydroxylation is 1. The molecule has 28 heavy (non-hydrogen) atoms. The molecule has 0 radical (unpaired) electrons. The molecule has 2 rings (SSSR count). The summed E-state index contributed by atoms with van der Waals surface area (Å²) in [6, 6.07) is 9.95. The third-order valence-corrected chi connectivity index (χ3v) is 6.68. The first-order valence-corrected chi connectivity index (χ1v) is 10.7. The van der Waals surface area contributed by atoms with Crippen LogP contribution in [0.25, 0.3) is 0 Å². The average Bonchev–Trinajstić information content (AvgIpc) is 2.64. The minimum absolute atomic E-state index is 0.00412. The Morgan fingerprint density at radius 3 is 2.39 bits per heavy atom. The fourth-order valence-corrected chi connectivity index (χ4v) is 4.57. The van der Waals surface area contributed by atoms with Gasteiger partial charge in [0.2, 0.25) is 15.9 Å². The number of carbonyl (C=O) groups excluding carboxylic acids is 1. The van der Waals surface area contributed by atoms with Gasteiger partial charge >= 0.3 is 0 Å². The highest BCUT2D eigenvalue weighted by molar-refractivity contribution is 7.89. The lowest BCUT2D eigenvalue weighted by atomic mass is 10.0. The molecule has 1 aromatic heterocycles. The van der Waals surface area contributed by atoms with Crippen molar-refractivity contribution in [1.82, 2.24) is 14.2 Å². The minimum Gasteiger partial charge on any atom is -0.348 e. The Kier molecular flexibility index (Phi) is 7.15. The van der Waals surface area contributed by atoms with E-state index in [1.165, 1.54) is 22.6 Å². The Morgan fingerprint density at radius 2 is 1.79 bits per heavy atom. The number of hydrogen-bond donors (Lipinski definition) is 1. The van der Waals surface area contributed by atoms with E-state index in [9.17, 15) is 18.0 Å². The van der Waals surface area contributed by atoms with Crippen LogP contribution in [0, 0.1) is 6.92 Å². The van der Waals surface area contributed by atoms with E-state index in [4.69, 9.17) is 0 Å². The van der Waals surface area contributed by atoms with Gasteiger partial charge in [0.05, 0.1) is 10.9 Å². The van der Waals surface area contributed by atoms with Crippen LogP contribution in [0.3, 0.4) is 0 Å². The predicted octanol–water partition coefficient (Wildman–Crippen LogP) is 2.06. The highest BCUT2D eigenvalue weighted by atomic mass is 32.2. The van der Waals surface area contributed by atoms with E-state index in [0.29, 0.717) is 13.1 Å². The number of nitrogens with zero attached hydrogens (tertiary/aromatic N) is 2. The Balaban J connectivity index is 2.21. The van der Waals surface area contributed by atoms with Crippen LogP contribution in [0.15, 0.2) is 52.3 Å². The van der Waals surface area contributed by atoms with Crippen molar-refractivity contribution in [2.45, 2.75) is 45.2 Å². The van der Waals surface area contributed by atoms with E-state index in [1.54, 1.807) is 13.8 Å². The zero-order chi connectivity index (χ0) is 20.9. The third-order valence-electron chi connectivity index (χ3n) is 4.65. The number of carbonyl (C=O) groups is 1. The topological polar surface area (TPSA) is 88.5 Å². The molecule has 0 spiro atoms. The molecule has 1 amide bonds. The molecule has 1 heterocycles. The second kappa shape index (κ2) is 9.16. The number of sulfonamides is 1. The van der Waals surface area contributed by atoms with E-state index in [2.05, 4.69) is 5.32 Å². The summed E-state index contributed by atoms with van der Waals surface area (Å²) in [6.07, 6.45) is 1.23. The Bertz CT molecular complexity index is 995. The summed E-state index contributed by atoms with van der Waals surface area (Å²) in [6.45, 7) is 7.72. The van der Waals surface area contributed by atoms with Gasteiger partial charge in [0, 0.05) is 25.4 Å². The monoisotopic (exact) mass is 405 g/mol. The zero-order valence-electron chi connectivity index (χ0n) is 16.7. The van der Waals surface area contributed by atoms with Gasteiger partial charge in [-0.3, -0.25) is 9.59 Å². The molecule has 1 N–H and O–H groups in total. The summed E-state index contributed by atoms with van der Waals surface area (Å²) in [5.41, 5.74) is 1.61. The molecule has 0 saturated heterocycles. The molecular weight excluding hydrogens is 378 g/mol. The van der Waals surface area contributed by atoms with Crippen LogP contribution < -0.4 is 10.9 Å². The smallest absolute Gasteiger partial charge is 0.251 e. The quantitative estimate of drug-likeness (QED) is 0.728. The normalized spacial score (nSPS) is 12.8. The zero-order valence-corrected chi connectivity index (χ0v) is 17.5.